The van der Waals surface area contributed by atoms with Gasteiger partial charge in [-0.15, -0.1) is 0 Å². The van der Waals surface area contributed by atoms with E-state index in [0.717, 1.165) is 62.7 Å². The molecule has 1 aliphatic carbocycles. The van der Waals surface area contributed by atoms with Crippen molar-refractivity contribution in [1.82, 2.24) is 15.1 Å². The lowest BCUT2D eigenvalue weighted by Gasteiger charge is -2.35. The van der Waals surface area contributed by atoms with E-state index in [1.807, 2.05) is 21.1 Å². The molecule has 1 aliphatic heterocycles. The maximum Gasteiger partial charge on any atom is 0.230 e. The van der Waals surface area contributed by atoms with Crippen LogP contribution in [0.2, 0.25) is 0 Å². The minimum Gasteiger partial charge on any atom is -0.493 e. The molecular weight excluding hydrogens is 368 g/mol. The number of nitrogens with one attached hydrogen (secondary N) is 1. The van der Waals surface area contributed by atoms with E-state index < -0.39 is 0 Å². The van der Waals surface area contributed by atoms with Crippen LogP contribution >= 0.6 is 0 Å². The minimum atomic E-state index is -0.316. The van der Waals surface area contributed by atoms with Crippen molar-refractivity contribution in [3.05, 3.63) is 23.3 Å². The molecule has 0 bridgehead atoms. The molecule has 2 aliphatic rings. The number of benzene rings is 1. The lowest BCUT2D eigenvalue weighted by Crippen LogP contribution is -2.51. The quantitative estimate of drug-likeness (QED) is 0.605. The highest BCUT2D eigenvalue weighted by Gasteiger charge is 2.42. The number of amides is 1. The fourth-order valence-electron chi connectivity index (χ4n) is 4.64. The van der Waals surface area contributed by atoms with E-state index in [1.165, 1.54) is 11.1 Å². The van der Waals surface area contributed by atoms with Gasteiger partial charge in [-0.1, -0.05) is 12.8 Å². The second-order valence-corrected chi connectivity index (χ2v) is 8.24. The molecule has 1 amide bonds. The average Bonchev–Trinajstić information content (AvgIpc) is 3.22. The highest BCUT2D eigenvalue weighted by atomic mass is 16.5. The minimum absolute atomic E-state index is 0.221. The molecule has 1 saturated carbocycles. The van der Waals surface area contributed by atoms with E-state index in [-0.39, 0.29) is 11.3 Å². The van der Waals surface area contributed by atoms with Crippen LogP contribution in [0, 0.1) is 5.41 Å². The number of nitrogens with zero attached hydrogens (tertiary/aromatic N) is 3. The first kappa shape index (κ1) is 21.3. The van der Waals surface area contributed by atoms with E-state index in [2.05, 4.69) is 27.3 Å². The summed E-state index contributed by atoms with van der Waals surface area (Å²) in [7, 11) is 8.83. The molecule has 0 spiro atoms. The third-order valence-corrected chi connectivity index (χ3v) is 6.23. The Balaban J connectivity index is 1.72. The van der Waals surface area contributed by atoms with Crippen molar-refractivity contribution in [2.75, 3.05) is 48.5 Å². The van der Waals surface area contributed by atoms with E-state index in [9.17, 15) is 4.79 Å². The topological polar surface area (TPSA) is 66.4 Å². The molecule has 7 nitrogen and oxygen atoms in total. The molecule has 0 aromatic heterocycles. The molecule has 3 rings (SSSR count). The third-order valence-electron chi connectivity index (χ3n) is 6.23. The smallest absolute Gasteiger partial charge is 0.230 e. The number of carbonyl (C=O) groups is 1. The first-order valence-electron chi connectivity index (χ1n) is 10.3. The maximum atomic E-state index is 12.8. The highest BCUT2D eigenvalue weighted by molar-refractivity contribution is 5.85. The summed E-state index contributed by atoms with van der Waals surface area (Å²) < 4.78 is 10.9. The van der Waals surface area contributed by atoms with Crippen molar-refractivity contribution >= 4 is 11.9 Å². The monoisotopic (exact) mass is 402 g/mol. The Morgan fingerprint density at radius 1 is 1.17 bits per heavy atom. The van der Waals surface area contributed by atoms with Crippen LogP contribution in [0.5, 0.6) is 11.5 Å². The number of carbonyl (C=O) groups excluding carboxylic acids is 1. The Kier molecular flexibility index (Phi) is 6.55. The number of guanidine groups is 1. The second kappa shape index (κ2) is 8.93. The van der Waals surface area contributed by atoms with E-state index in [1.54, 1.807) is 19.1 Å². The first-order chi connectivity index (χ1) is 13.9. The van der Waals surface area contributed by atoms with Crippen molar-refractivity contribution in [1.29, 1.82) is 0 Å². The molecular formula is C22H34N4O3. The van der Waals surface area contributed by atoms with Gasteiger partial charge >= 0.3 is 0 Å². The Hall–Kier alpha value is -2.44. The van der Waals surface area contributed by atoms with Gasteiger partial charge < -0.3 is 24.6 Å². The molecule has 0 saturated heterocycles. The van der Waals surface area contributed by atoms with Gasteiger partial charge in [-0.25, -0.2) is 0 Å². The number of ether oxygens (including phenoxy) is 2. The predicted octanol–water partition coefficient (Wildman–Crippen LogP) is 2.29. The summed E-state index contributed by atoms with van der Waals surface area (Å²) in [6, 6.07) is 4.13. The third kappa shape index (κ3) is 4.28. The van der Waals surface area contributed by atoms with Crippen molar-refractivity contribution in [2.45, 2.75) is 38.6 Å². The number of hydrogen-bond donors (Lipinski definition) is 1. The zero-order valence-corrected chi connectivity index (χ0v) is 18.4. The molecule has 1 N–H and O–H groups in total. The van der Waals surface area contributed by atoms with Crippen molar-refractivity contribution < 1.29 is 14.3 Å². The van der Waals surface area contributed by atoms with Gasteiger partial charge in [0.1, 0.15) is 0 Å². The first-order valence-corrected chi connectivity index (χ1v) is 10.3. The zero-order chi connectivity index (χ0) is 21.0. The highest BCUT2D eigenvalue weighted by Crippen LogP contribution is 2.39. The standard InChI is InChI=1S/C22H34N4O3/c1-23-21(24-15-22(9-6-7-10-22)20(27)25(2)3)26-11-8-16-12-18(28-4)19(29-5)13-17(16)14-26/h12-13H,6-11,14-15H2,1-5H3,(H,23,24). The fraction of sp³-hybridized carbons (Fsp3) is 0.636. The molecule has 1 aromatic carbocycles. The molecule has 7 heteroatoms. The van der Waals surface area contributed by atoms with Crippen molar-refractivity contribution in [3.8, 4) is 11.5 Å². The van der Waals surface area contributed by atoms with Crippen molar-refractivity contribution in [3.63, 3.8) is 0 Å². The summed E-state index contributed by atoms with van der Waals surface area (Å²) in [5, 5.41) is 3.51. The van der Waals surface area contributed by atoms with Gasteiger partial charge in [-0.2, -0.15) is 0 Å². The Bertz CT molecular complexity index is 770. The number of hydrogen-bond acceptors (Lipinski definition) is 4. The normalized spacial score (nSPS) is 18.2. The van der Waals surface area contributed by atoms with Crippen LogP contribution in [0.15, 0.2) is 17.1 Å². The van der Waals surface area contributed by atoms with Crippen LogP contribution in [0.3, 0.4) is 0 Å². The molecule has 1 fully saturated rings. The summed E-state index contributed by atoms with van der Waals surface area (Å²) in [4.78, 5) is 21.3. The SMILES string of the molecule is CN=C(NCC1(C(=O)N(C)C)CCCC1)N1CCc2cc(OC)c(OC)cc2C1. The average molecular weight is 403 g/mol. The molecule has 0 unspecified atom stereocenters. The zero-order valence-electron chi connectivity index (χ0n) is 18.4. The summed E-state index contributed by atoms with van der Waals surface area (Å²) in [6.45, 7) is 2.26. The van der Waals surface area contributed by atoms with Crippen LogP contribution in [0.25, 0.3) is 0 Å². The Labute approximate surface area is 174 Å². The fourth-order valence-corrected chi connectivity index (χ4v) is 4.64. The van der Waals surface area contributed by atoms with Gasteiger partial charge in [-0.05, 0) is 42.5 Å². The summed E-state index contributed by atoms with van der Waals surface area (Å²) in [5.41, 5.74) is 2.19. The Morgan fingerprint density at radius 2 is 1.79 bits per heavy atom. The van der Waals surface area contributed by atoms with E-state index in [0.29, 0.717) is 6.54 Å². The number of fused-ring (bicyclic) bond motifs is 1. The molecule has 0 radical (unpaired) electrons. The van der Waals surface area contributed by atoms with Gasteiger partial charge in [0.15, 0.2) is 17.5 Å². The molecule has 1 heterocycles. The number of aliphatic imine (C=N–C) groups is 1. The van der Waals surface area contributed by atoms with E-state index >= 15 is 0 Å². The van der Waals surface area contributed by atoms with Crippen LogP contribution < -0.4 is 14.8 Å². The van der Waals surface area contributed by atoms with Gasteiger partial charge in [0.2, 0.25) is 5.91 Å². The van der Waals surface area contributed by atoms with Crippen LogP contribution in [0.1, 0.15) is 36.8 Å². The molecule has 160 valence electrons. The predicted molar refractivity (Wildman–Crippen MR) is 115 cm³/mol. The van der Waals surface area contributed by atoms with Crippen molar-refractivity contribution in [2.24, 2.45) is 10.4 Å². The number of methoxy groups -OCH3 is 2. The molecule has 29 heavy (non-hydrogen) atoms. The largest absolute Gasteiger partial charge is 0.493 e. The lowest BCUT2D eigenvalue weighted by molar-refractivity contribution is -0.138. The van der Waals surface area contributed by atoms with Gasteiger partial charge in [0.05, 0.1) is 19.6 Å². The summed E-state index contributed by atoms with van der Waals surface area (Å²) in [6.07, 6.45) is 5.01. The lowest BCUT2D eigenvalue weighted by atomic mass is 9.84. The summed E-state index contributed by atoms with van der Waals surface area (Å²) >= 11 is 0. The maximum absolute atomic E-state index is 12.8. The van der Waals surface area contributed by atoms with Crippen LogP contribution in [-0.4, -0.2) is 70.1 Å². The molecule has 1 aromatic rings. The van der Waals surface area contributed by atoms with Gasteiger partial charge in [0, 0.05) is 40.8 Å². The van der Waals surface area contributed by atoms with Gasteiger partial charge in [0.25, 0.3) is 0 Å². The van der Waals surface area contributed by atoms with Crippen LogP contribution in [-0.2, 0) is 17.8 Å². The molecule has 0 atom stereocenters. The van der Waals surface area contributed by atoms with E-state index in [4.69, 9.17) is 9.47 Å². The second-order valence-electron chi connectivity index (χ2n) is 8.24. The Morgan fingerprint density at radius 3 is 2.34 bits per heavy atom. The summed E-state index contributed by atoms with van der Waals surface area (Å²) in [5.74, 6) is 2.59. The van der Waals surface area contributed by atoms with Gasteiger partial charge in [-0.3, -0.25) is 9.79 Å². The van der Waals surface area contributed by atoms with Crippen LogP contribution in [0.4, 0.5) is 0 Å². The number of rotatable bonds is 5.